The molecule has 1 atom stereocenters. The molecule has 15 heavy (non-hydrogen) atoms. The van der Waals surface area contributed by atoms with Gasteiger partial charge in [0.2, 0.25) is 5.91 Å². The Bertz CT molecular complexity index is 307. The fraction of sp³-hybridized carbons (Fsp3) is 0.889. The molecule has 5 nitrogen and oxygen atoms in total. The first-order valence-electron chi connectivity index (χ1n) is 5.12. The summed E-state index contributed by atoms with van der Waals surface area (Å²) in [5.74, 6) is 0.251. The van der Waals surface area contributed by atoms with Crippen LogP contribution in [0, 0.1) is 5.92 Å². The molecule has 1 aliphatic heterocycles. The van der Waals surface area contributed by atoms with Crippen molar-refractivity contribution in [3.8, 4) is 0 Å². The number of hydrogen-bond donors (Lipinski definition) is 2. The Hall–Kier alpha value is -0.620. The zero-order valence-corrected chi connectivity index (χ0v) is 9.77. The number of hydrogen-bond acceptors (Lipinski definition) is 4. The molecule has 0 aromatic heterocycles. The highest BCUT2D eigenvalue weighted by molar-refractivity contribution is 7.90. The highest BCUT2D eigenvalue weighted by Gasteiger charge is 2.15. The van der Waals surface area contributed by atoms with Gasteiger partial charge in [0.05, 0.1) is 5.75 Å². The molecule has 1 saturated heterocycles. The summed E-state index contributed by atoms with van der Waals surface area (Å²) >= 11 is 0. The third kappa shape index (κ3) is 5.74. The number of carbonyl (C=O) groups excluding carboxylic acids is 1. The van der Waals surface area contributed by atoms with E-state index in [9.17, 15) is 13.2 Å². The Morgan fingerprint density at radius 2 is 2.27 bits per heavy atom. The van der Waals surface area contributed by atoms with Gasteiger partial charge in [-0.3, -0.25) is 4.79 Å². The Morgan fingerprint density at radius 3 is 2.80 bits per heavy atom. The first kappa shape index (κ1) is 12.4. The van der Waals surface area contributed by atoms with E-state index in [1.807, 2.05) is 0 Å². The van der Waals surface area contributed by atoms with E-state index in [0.717, 1.165) is 25.8 Å². The maximum Gasteiger partial charge on any atom is 0.221 e. The molecule has 1 heterocycles. The fourth-order valence-electron chi connectivity index (χ4n) is 1.51. The summed E-state index contributed by atoms with van der Waals surface area (Å²) < 4.78 is 21.6. The van der Waals surface area contributed by atoms with Crippen LogP contribution < -0.4 is 10.6 Å². The maximum atomic E-state index is 11.3. The van der Waals surface area contributed by atoms with E-state index in [0.29, 0.717) is 12.5 Å². The summed E-state index contributed by atoms with van der Waals surface area (Å²) in [4.78, 5) is 11.3. The molecule has 0 aromatic carbocycles. The largest absolute Gasteiger partial charge is 0.356 e. The van der Waals surface area contributed by atoms with Crippen molar-refractivity contribution in [1.29, 1.82) is 0 Å². The van der Waals surface area contributed by atoms with Gasteiger partial charge in [-0.25, -0.2) is 8.42 Å². The van der Waals surface area contributed by atoms with Crippen LogP contribution in [0.2, 0.25) is 0 Å². The minimum absolute atomic E-state index is 0.0677. The molecule has 1 aliphatic rings. The van der Waals surface area contributed by atoms with E-state index in [4.69, 9.17) is 0 Å². The number of rotatable bonds is 5. The molecule has 88 valence electrons. The van der Waals surface area contributed by atoms with Gasteiger partial charge in [-0.1, -0.05) is 0 Å². The lowest BCUT2D eigenvalue weighted by Crippen LogP contribution is -2.31. The zero-order chi connectivity index (χ0) is 11.3. The molecular weight excluding hydrogens is 216 g/mol. The van der Waals surface area contributed by atoms with Crippen molar-refractivity contribution in [3.05, 3.63) is 0 Å². The SMILES string of the molecule is CS(=O)(=O)CCC(=O)NCC1CCNC1. The lowest BCUT2D eigenvalue weighted by atomic mass is 10.1. The summed E-state index contributed by atoms with van der Waals surface area (Å²) in [6.45, 7) is 2.59. The molecule has 0 bridgehead atoms. The Kier molecular flexibility index (Phi) is 4.53. The van der Waals surface area contributed by atoms with E-state index >= 15 is 0 Å². The second-order valence-corrected chi connectivity index (χ2v) is 6.30. The minimum Gasteiger partial charge on any atom is -0.356 e. The predicted octanol–water partition coefficient (Wildman–Crippen LogP) is -0.853. The quantitative estimate of drug-likeness (QED) is 0.649. The molecule has 0 spiro atoms. The first-order valence-corrected chi connectivity index (χ1v) is 7.18. The van der Waals surface area contributed by atoms with Gasteiger partial charge in [0.25, 0.3) is 0 Å². The average Bonchev–Trinajstić information content (AvgIpc) is 2.62. The highest BCUT2D eigenvalue weighted by Crippen LogP contribution is 2.05. The molecule has 0 aliphatic carbocycles. The lowest BCUT2D eigenvalue weighted by molar-refractivity contribution is -0.120. The van der Waals surface area contributed by atoms with Crippen LogP contribution >= 0.6 is 0 Å². The van der Waals surface area contributed by atoms with Gasteiger partial charge in [-0.2, -0.15) is 0 Å². The van der Waals surface area contributed by atoms with E-state index in [1.54, 1.807) is 0 Å². The predicted molar refractivity (Wildman–Crippen MR) is 58.3 cm³/mol. The number of sulfone groups is 1. The van der Waals surface area contributed by atoms with Crippen LogP contribution in [0.4, 0.5) is 0 Å². The van der Waals surface area contributed by atoms with Gasteiger partial charge >= 0.3 is 0 Å². The first-order chi connectivity index (χ1) is 6.97. The Morgan fingerprint density at radius 1 is 1.53 bits per heavy atom. The van der Waals surface area contributed by atoms with Crippen LogP contribution in [0.1, 0.15) is 12.8 Å². The van der Waals surface area contributed by atoms with Crippen LogP contribution in [0.25, 0.3) is 0 Å². The van der Waals surface area contributed by atoms with E-state index < -0.39 is 9.84 Å². The smallest absolute Gasteiger partial charge is 0.221 e. The highest BCUT2D eigenvalue weighted by atomic mass is 32.2. The fourth-order valence-corrected chi connectivity index (χ4v) is 2.07. The van der Waals surface area contributed by atoms with Crippen molar-refractivity contribution < 1.29 is 13.2 Å². The summed E-state index contributed by atoms with van der Waals surface area (Å²) in [5.41, 5.74) is 0. The van der Waals surface area contributed by atoms with Crippen molar-refractivity contribution >= 4 is 15.7 Å². The van der Waals surface area contributed by atoms with Crippen molar-refractivity contribution in [2.24, 2.45) is 5.92 Å². The Balaban J connectivity index is 2.13. The van der Waals surface area contributed by atoms with Crippen LogP contribution in [-0.4, -0.2) is 46.0 Å². The summed E-state index contributed by atoms with van der Waals surface area (Å²) in [5, 5.41) is 5.96. The lowest BCUT2D eigenvalue weighted by Gasteiger charge is -2.09. The average molecular weight is 234 g/mol. The van der Waals surface area contributed by atoms with Gasteiger partial charge in [0.1, 0.15) is 9.84 Å². The normalized spacial score (nSPS) is 21.5. The summed E-state index contributed by atoms with van der Waals surface area (Å²) in [6, 6.07) is 0. The van der Waals surface area contributed by atoms with E-state index in [2.05, 4.69) is 10.6 Å². The van der Waals surface area contributed by atoms with Crippen molar-refractivity contribution in [2.45, 2.75) is 12.8 Å². The maximum absolute atomic E-state index is 11.3. The molecule has 1 unspecified atom stereocenters. The number of amides is 1. The molecule has 1 amide bonds. The van der Waals surface area contributed by atoms with E-state index in [1.165, 1.54) is 0 Å². The van der Waals surface area contributed by atoms with Gasteiger partial charge in [0, 0.05) is 19.2 Å². The number of carbonyl (C=O) groups is 1. The van der Waals surface area contributed by atoms with Gasteiger partial charge in [-0.05, 0) is 25.4 Å². The summed E-state index contributed by atoms with van der Waals surface area (Å²) in [6.07, 6.45) is 2.28. The molecule has 6 heteroatoms. The van der Waals surface area contributed by atoms with Crippen LogP contribution in [0.15, 0.2) is 0 Å². The molecule has 1 rings (SSSR count). The second-order valence-electron chi connectivity index (χ2n) is 4.04. The Labute approximate surface area is 90.5 Å². The molecule has 1 fully saturated rings. The van der Waals surface area contributed by atoms with Crippen LogP contribution in [-0.2, 0) is 14.6 Å². The van der Waals surface area contributed by atoms with Crippen LogP contribution in [0.3, 0.4) is 0 Å². The summed E-state index contributed by atoms with van der Waals surface area (Å²) in [7, 11) is -3.03. The van der Waals surface area contributed by atoms with Crippen molar-refractivity contribution in [3.63, 3.8) is 0 Å². The monoisotopic (exact) mass is 234 g/mol. The van der Waals surface area contributed by atoms with Crippen molar-refractivity contribution in [1.82, 2.24) is 10.6 Å². The van der Waals surface area contributed by atoms with Gasteiger partial charge in [0.15, 0.2) is 0 Å². The molecule has 0 aromatic rings. The molecule has 2 N–H and O–H groups in total. The topological polar surface area (TPSA) is 75.3 Å². The van der Waals surface area contributed by atoms with Crippen LogP contribution in [0.5, 0.6) is 0 Å². The third-order valence-corrected chi connectivity index (χ3v) is 3.40. The van der Waals surface area contributed by atoms with Gasteiger partial charge < -0.3 is 10.6 Å². The standard InChI is InChI=1S/C9H18N2O3S/c1-15(13,14)5-3-9(12)11-7-8-2-4-10-6-8/h8,10H,2-7H2,1H3,(H,11,12). The van der Waals surface area contributed by atoms with E-state index in [-0.39, 0.29) is 18.1 Å². The third-order valence-electron chi connectivity index (χ3n) is 2.45. The second kappa shape index (κ2) is 5.46. The minimum atomic E-state index is -3.03. The van der Waals surface area contributed by atoms with Crippen molar-refractivity contribution in [2.75, 3.05) is 31.6 Å². The molecule has 0 radical (unpaired) electrons. The number of nitrogens with one attached hydrogen (secondary N) is 2. The zero-order valence-electron chi connectivity index (χ0n) is 8.95. The molecular formula is C9H18N2O3S. The molecule has 0 saturated carbocycles. The van der Waals surface area contributed by atoms with Gasteiger partial charge in [-0.15, -0.1) is 0 Å².